The second-order valence-corrected chi connectivity index (χ2v) is 4.12. The van der Waals surface area contributed by atoms with Crippen LogP contribution in [0.5, 0.6) is 0 Å². The van der Waals surface area contributed by atoms with Gasteiger partial charge in [-0.05, 0) is 30.2 Å². The number of hydrogen-bond acceptors (Lipinski definition) is 2. The van der Waals surface area contributed by atoms with Crippen LogP contribution in [-0.4, -0.2) is 4.98 Å². The van der Waals surface area contributed by atoms with Crippen LogP contribution in [0.1, 0.15) is 16.7 Å². The lowest BCUT2D eigenvalue weighted by Crippen LogP contribution is -2.15. The maximum Gasteiger partial charge on any atom is 0.163 e. The average molecular weight is 248 g/mol. The number of nitrogens with one attached hydrogen (secondary N) is 1. The van der Waals surface area contributed by atoms with Gasteiger partial charge in [-0.3, -0.25) is 4.98 Å². The number of benzene rings is 1. The number of pyridine rings is 1. The van der Waals surface area contributed by atoms with Crippen LogP contribution < -0.4 is 5.32 Å². The molecule has 0 saturated heterocycles. The molecule has 0 amide bonds. The summed E-state index contributed by atoms with van der Waals surface area (Å²) in [6.07, 6.45) is 3.50. The molecule has 0 saturated carbocycles. The summed E-state index contributed by atoms with van der Waals surface area (Å²) in [5.74, 6) is -1.60. The van der Waals surface area contributed by atoms with Crippen LogP contribution in [0.3, 0.4) is 0 Å². The first-order valence-corrected chi connectivity index (χ1v) is 5.71. The molecule has 1 aromatic heterocycles. The monoisotopic (exact) mass is 248 g/mol. The van der Waals surface area contributed by atoms with Gasteiger partial charge in [0.05, 0.1) is 0 Å². The minimum atomic E-state index is -0.813. The van der Waals surface area contributed by atoms with Crippen LogP contribution in [0.25, 0.3) is 0 Å². The third kappa shape index (κ3) is 2.90. The van der Waals surface area contributed by atoms with Crippen LogP contribution in [0.4, 0.5) is 8.78 Å². The van der Waals surface area contributed by atoms with E-state index in [1.807, 2.05) is 13.0 Å². The van der Waals surface area contributed by atoms with Gasteiger partial charge in [-0.1, -0.05) is 12.1 Å². The summed E-state index contributed by atoms with van der Waals surface area (Å²) in [7, 11) is 0. The topological polar surface area (TPSA) is 24.9 Å². The maximum atomic E-state index is 13.4. The Morgan fingerprint density at radius 1 is 1.11 bits per heavy atom. The molecule has 0 unspecified atom stereocenters. The van der Waals surface area contributed by atoms with Gasteiger partial charge in [0.25, 0.3) is 0 Å². The molecule has 0 atom stereocenters. The van der Waals surface area contributed by atoms with Crippen molar-refractivity contribution in [1.29, 1.82) is 0 Å². The van der Waals surface area contributed by atoms with Crippen molar-refractivity contribution in [3.05, 3.63) is 65.0 Å². The quantitative estimate of drug-likeness (QED) is 0.899. The first-order valence-electron chi connectivity index (χ1n) is 5.71. The van der Waals surface area contributed by atoms with E-state index in [0.717, 1.165) is 17.2 Å². The highest BCUT2D eigenvalue weighted by Gasteiger charge is 2.06. The predicted molar refractivity (Wildman–Crippen MR) is 65.9 cm³/mol. The van der Waals surface area contributed by atoms with Crippen molar-refractivity contribution >= 4 is 0 Å². The van der Waals surface area contributed by atoms with E-state index in [1.165, 1.54) is 6.07 Å². The highest BCUT2D eigenvalue weighted by atomic mass is 19.2. The number of halogens is 2. The van der Waals surface area contributed by atoms with Gasteiger partial charge >= 0.3 is 0 Å². The van der Waals surface area contributed by atoms with Crippen molar-refractivity contribution in [2.75, 3.05) is 0 Å². The van der Waals surface area contributed by atoms with E-state index in [1.54, 1.807) is 18.5 Å². The zero-order valence-corrected chi connectivity index (χ0v) is 10.1. The summed E-state index contributed by atoms with van der Waals surface area (Å²) in [6.45, 7) is 2.86. The molecular weight excluding hydrogens is 234 g/mol. The first-order chi connectivity index (χ1) is 8.68. The molecule has 0 fully saturated rings. The Kier molecular flexibility index (Phi) is 3.99. The zero-order chi connectivity index (χ0) is 13.0. The molecule has 1 aromatic carbocycles. The highest BCUT2D eigenvalue weighted by molar-refractivity contribution is 5.22. The fraction of sp³-hybridized carbons (Fsp3) is 0.214. The lowest BCUT2D eigenvalue weighted by molar-refractivity contribution is 0.492. The second-order valence-electron chi connectivity index (χ2n) is 4.12. The molecule has 2 nitrogen and oxygen atoms in total. The molecule has 0 aliphatic carbocycles. The van der Waals surface area contributed by atoms with E-state index in [4.69, 9.17) is 0 Å². The molecule has 2 rings (SSSR count). The van der Waals surface area contributed by atoms with Gasteiger partial charge in [-0.2, -0.15) is 0 Å². The normalized spacial score (nSPS) is 10.6. The van der Waals surface area contributed by atoms with E-state index in [0.29, 0.717) is 12.1 Å². The van der Waals surface area contributed by atoms with E-state index in [-0.39, 0.29) is 6.54 Å². The molecule has 1 heterocycles. The molecule has 94 valence electrons. The molecule has 0 bridgehead atoms. The van der Waals surface area contributed by atoms with Crippen molar-refractivity contribution in [3.8, 4) is 0 Å². The molecule has 0 spiro atoms. The van der Waals surface area contributed by atoms with Crippen LogP contribution in [0.2, 0.25) is 0 Å². The van der Waals surface area contributed by atoms with Gasteiger partial charge in [-0.25, -0.2) is 8.78 Å². The summed E-state index contributed by atoms with van der Waals surface area (Å²) < 4.78 is 26.4. The molecule has 0 aliphatic heterocycles. The zero-order valence-electron chi connectivity index (χ0n) is 10.1. The van der Waals surface area contributed by atoms with Crippen LogP contribution in [-0.2, 0) is 13.1 Å². The summed E-state index contributed by atoms with van der Waals surface area (Å²) in [5.41, 5.74) is 2.50. The lowest BCUT2D eigenvalue weighted by Gasteiger charge is -2.08. The van der Waals surface area contributed by atoms with Gasteiger partial charge < -0.3 is 5.32 Å². The first kappa shape index (κ1) is 12.6. The summed E-state index contributed by atoms with van der Waals surface area (Å²) in [6, 6.07) is 6.11. The number of aromatic nitrogens is 1. The molecule has 1 N–H and O–H groups in total. The van der Waals surface area contributed by atoms with E-state index in [9.17, 15) is 8.78 Å². The summed E-state index contributed by atoms with van der Waals surface area (Å²) in [5, 5.41) is 3.08. The van der Waals surface area contributed by atoms with Crippen LogP contribution in [0, 0.1) is 18.6 Å². The third-order valence-corrected chi connectivity index (χ3v) is 2.81. The Balaban J connectivity index is 1.97. The predicted octanol–water partition coefficient (Wildman–Crippen LogP) is 2.96. The van der Waals surface area contributed by atoms with Crippen molar-refractivity contribution in [3.63, 3.8) is 0 Å². The van der Waals surface area contributed by atoms with Gasteiger partial charge in [0.1, 0.15) is 0 Å². The van der Waals surface area contributed by atoms with Gasteiger partial charge in [0.2, 0.25) is 0 Å². The molecule has 0 radical (unpaired) electrons. The Morgan fingerprint density at radius 2 is 1.89 bits per heavy atom. The molecule has 0 aliphatic rings. The van der Waals surface area contributed by atoms with Crippen molar-refractivity contribution in [2.45, 2.75) is 20.0 Å². The standard InChI is InChI=1S/C14H14F2N2/c1-10-5-6-17-8-12(10)9-18-7-11-3-2-4-13(15)14(11)16/h2-6,8,18H,7,9H2,1H3. The fourth-order valence-corrected chi connectivity index (χ4v) is 1.70. The van der Waals surface area contributed by atoms with E-state index >= 15 is 0 Å². The Labute approximate surface area is 105 Å². The summed E-state index contributed by atoms with van der Waals surface area (Å²) >= 11 is 0. The average Bonchev–Trinajstić information content (AvgIpc) is 2.37. The minimum Gasteiger partial charge on any atom is -0.308 e. The van der Waals surface area contributed by atoms with E-state index in [2.05, 4.69) is 10.3 Å². The van der Waals surface area contributed by atoms with Gasteiger partial charge in [0, 0.05) is 31.0 Å². The molecular formula is C14H14F2N2. The Morgan fingerprint density at radius 3 is 2.67 bits per heavy atom. The fourth-order valence-electron chi connectivity index (χ4n) is 1.70. The summed E-state index contributed by atoms with van der Waals surface area (Å²) in [4.78, 5) is 4.03. The minimum absolute atomic E-state index is 0.290. The SMILES string of the molecule is Cc1ccncc1CNCc1cccc(F)c1F. The number of hydrogen-bond donors (Lipinski definition) is 1. The number of nitrogens with zero attached hydrogens (tertiary/aromatic N) is 1. The maximum absolute atomic E-state index is 13.4. The second kappa shape index (κ2) is 5.69. The number of rotatable bonds is 4. The largest absolute Gasteiger partial charge is 0.308 e. The van der Waals surface area contributed by atoms with Crippen molar-refractivity contribution < 1.29 is 8.78 Å². The Hall–Kier alpha value is -1.81. The smallest absolute Gasteiger partial charge is 0.163 e. The van der Waals surface area contributed by atoms with E-state index < -0.39 is 11.6 Å². The lowest BCUT2D eigenvalue weighted by atomic mass is 10.1. The van der Waals surface area contributed by atoms with Crippen molar-refractivity contribution in [2.24, 2.45) is 0 Å². The van der Waals surface area contributed by atoms with Crippen molar-refractivity contribution in [1.82, 2.24) is 10.3 Å². The number of aryl methyl sites for hydroxylation is 1. The van der Waals surface area contributed by atoms with Gasteiger partial charge in [0.15, 0.2) is 11.6 Å². The highest BCUT2D eigenvalue weighted by Crippen LogP contribution is 2.11. The molecule has 18 heavy (non-hydrogen) atoms. The molecule has 2 aromatic rings. The van der Waals surface area contributed by atoms with Crippen LogP contribution in [0.15, 0.2) is 36.7 Å². The molecule has 4 heteroatoms. The Bertz CT molecular complexity index is 541. The van der Waals surface area contributed by atoms with Crippen LogP contribution >= 0.6 is 0 Å². The van der Waals surface area contributed by atoms with Gasteiger partial charge in [-0.15, -0.1) is 0 Å². The third-order valence-electron chi connectivity index (χ3n) is 2.81.